The van der Waals surface area contributed by atoms with Crippen LogP contribution in [0.15, 0.2) is 72.6 Å². The molecule has 2 aromatic carbocycles. The number of nitriles is 1. The summed E-state index contributed by atoms with van der Waals surface area (Å²) in [7, 11) is 1.57. The summed E-state index contributed by atoms with van der Waals surface area (Å²) in [5.74, 6) is 0.183. The van der Waals surface area contributed by atoms with E-state index in [0.29, 0.717) is 17.1 Å². The molecule has 6 heteroatoms. The smallest absolute Gasteiger partial charge is 0.267 e. The molecule has 0 radical (unpaired) electrons. The van der Waals surface area contributed by atoms with Crippen molar-refractivity contribution in [3.63, 3.8) is 0 Å². The molecule has 0 aliphatic carbocycles. The molecule has 0 saturated heterocycles. The number of pyridine rings is 1. The molecule has 0 unspecified atom stereocenters. The predicted molar refractivity (Wildman–Crippen MR) is 101 cm³/mol. The van der Waals surface area contributed by atoms with Gasteiger partial charge in [0.25, 0.3) is 5.91 Å². The number of hydrogen-bond acceptors (Lipinski definition) is 5. The molecule has 1 aromatic heterocycles. The van der Waals surface area contributed by atoms with Gasteiger partial charge in [-0.15, -0.1) is 0 Å². The number of nitrogens with one attached hydrogen (secondary N) is 2. The Labute approximate surface area is 150 Å². The number of anilines is 2. The van der Waals surface area contributed by atoms with E-state index in [-0.39, 0.29) is 5.57 Å². The van der Waals surface area contributed by atoms with Crippen LogP contribution in [-0.4, -0.2) is 18.0 Å². The molecule has 0 saturated carbocycles. The maximum Gasteiger partial charge on any atom is 0.267 e. The molecule has 1 heterocycles. The fourth-order valence-electron chi connectivity index (χ4n) is 2.39. The normalized spacial score (nSPS) is 10.8. The summed E-state index contributed by atoms with van der Waals surface area (Å²) < 4.78 is 5.07. The van der Waals surface area contributed by atoms with Crippen LogP contribution in [0, 0.1) is 11.3 Å². The standard InChI is InChI=1S/C20H16N4O2/c1-26-17-9-7-16(8-10-17)24-20(25)15(12-21)13-23-18-6-2-4-14-5-3-11-22-19(14)18/h2-11,13,23H,1H3,(H,24,25)/b15-13-. The van der Waals surface area contributed by atoms with Crippen molar-refractivity contribution in [2.75, 3.05) is 17.7 Å². The van der Waals surface area contributed by atoms with E-state index in [0.717, 1.165) is 10.9 Å². The Kier molecular flexibility index (Phi) is 5.11. The molecule has 0 fully saturated rings. The lowest BCUT2D eigenvalue weighted by molar-refractivity contribution is -0.112. The van der Waals surface area contributed by atoms with Gasteiger partial charge in [-0.1, -0.05) is 18.2 Å². The number of carbonyl (C=O) groups excluding carboxylic acids is 1. The van der Waals surface area contributed by atoms with Crippen molar-refractivity contribution < 1.29 is 9.53 Å². The number of methoxy groups -OCH3 is 1. The van der Waals surface area contributed by atoms with Crippen LogP contribution in [0.5, 0.6) is 5.75 Å². The minimum atomic E-state index is -0.502. The fourth-order valence-corrected chi connectivity index (χ4v) is 2.39. The van der Waals surface area contributed by atoms with E-state index in [1.807, 2.05) is 36.4 Å². The van der Waals surface area contributed by atoms with Crippen LogP contribution in [0.4, 0.5) is 11.4 Å². The van der Waals surface area contributed by atoms with Gasteiger partial charge in [-0.05, 0) is 36.4 Å². The van der Waals surface area contributed by atoms with Crippen LogP contribution in [-0.2, 0) is 4.79 Å². The Hall–Kier alpha value is -3.85. The van der Waals surface area contributed by atoms with Crippen LogP contribution in [0.2, 0.25) is 0 Å². The number of carbonyl (C=O) groups is 1. The summed E-state index contributed by atoms with van der Waals surface area (Å²) in [5.41, 5.74) is 2.00. The van der Waals surface area contributed by atoms with Gasteiger partial charge in [0.15, 0.2) is 0 Å². The SMILES string of the molecule is COc1ccc(NC(=O)/C(C#N)=C\Nc2cccc3cccnc23)cc1. The third-order valence-electron chi connectivity index (χ3n) is 3.72. The van der Waals surface area contributed by atoms with Gasteiger partial charge in [-0.2, -0.15) is 5.26 Å². The molecule has 6 nitrogen and oxygen atoms in total. The lowest BCUT2D eigenvalue weighted by Gasteiger charge is -2.07. The van der Waals surface area contributed by atoms with Crippen molar-refractivity contribution in [1.82, 2.24) is 4.98 Å². The molecule has 26 heavy (non-hydrogen) atoms. The van der Waals surface area contributed by atoms with Crippen LogP contribution in [0.1, 0.15) is 0 Å². The van der Waals surface area contributed by atoms with Crippen molar-refractivity contribution in [3.05, 3.63) is 72.6 Å². The first kappa shape index (κ1) is 17.0. The summed E-state index contributed by atoms with van der Waals surface area (Å²) in [6.07, 6.45) is 3.07. The first-order chi connectivity index (χ1) is 12.7. The lowest BCUT2D eigenvalue weighted by Crippen LogP contribution is -2.14. The molecule has 0 spiro atoms. The highest BCUT2D eigenvalue weighted by Crippen LogP contribution is 2.21. The monoisotopic (exact) mass is 344 g/mol. The van der Waals surface area contributed by atoms with Gasteiger partial charge in [0.05, 0.1) is 18.3 Å². The van der Waals surface area contributed by atoms with E-state index in [1.54, 1.807) is 37.6 Å². The average molecular weight is 344 g/mol. The molecule has 1 amide bonds. The number of fused-ring (bicyclic) bond motifs is 1. The largest absolute Gasteiger partial charge is 0.497 e. The maximum atomic E-state index is 12.3. The number of rotatable bonds is 5. The summed E-state index contributed by atoms with van der Waals surface area (Å²) in [6, 6.07) is 18.2. The summed E-state index contributed by atoms with van der Waals surface area (Å²) >= 11 is 0. The highest BCUT2D eigenvalue weighted by atomic mass is 16.5. The zero-order chi connectivity index (χ0) is 18.4. The van der Waals surface area contributed by atoms with Crippen molar-refractivity contribution in [1.29, 1.82) is 5.26 Å². The Balaban J connectivity index is 1.76. The highest BCUT2D eigenvalue weighted by Gasteiger charge is 2.10. The first-order valence-electron chi connectivity index (χ1n) is 7.87. The zero-order valence-electron chi connectivity index (χ0n) is 14.1. The van der Waals surface area contributed by atoms with E-state index in [2.05, 4.69) is 15.6 Å². The fraction of sp³-hybridized carbons (Fsp3) is 0.0500. The molecule has 0 aliphatic rings. The van der Waals surface area contributed by atoms with Gasteiger partial charge in [0.2, 0.25) is 0 Å². The third kappa shape index (κ3) is 3.79. The van der Waals surface area contributed by atoms with E-state index >= 15 is 0 Å². The Morgan fingerprint density at radius 3 is 2.65 bits per heavy atom. The predicted octanol–water partition coefficient (Wildman–Crippen LogP) is 3.70. The number of ether oxygens (including phenoxy) is 1. The van der Waals surface area contributed by atoms with Gasteiger partial charge in [-0.25, -0.2) is 0 Å². The third-order valence-corrected chi connectivity index (χ3v) is 3.72. The van der Waals surface area contributed by atoms with Gasteiger partial charge >= 0.3 is 0 Å². The second-order valence-corrected chi connectivity index (χ2v) is 5.38. The van der Waals surface area contributed by atoms with Crippen molar-refractivity contribution in [3.8, 4) is 11.8 Å². The van der Waals surface area contributed by atoms with Crippen molar-refractivity contribution in [2.24, 2.45) is 0 Å². The second kappa shape index (κ2) is 7.81. The molecule has 2 N–H and O–H groups in total. The molecular weight excluding hydrogens is 328 g/mol. The van der Waals surface area contributed by atoms with Gasteiger partial charge in [0.1, 0.15) is 17.4 Å². The Morgan fingerprint density at radius 1 is 1.15 bits per heavy atom. The topological polar surface area (TPSA) is 87.0 Å². The number of aromatic nitrogens is 1. The van der Waals surface area contributed by atoms with Crippen LogP contribution >= 0.6 is 0 Å². The van der Waals surface area contributed by atoms with Gasteiger partial charge < -0.3 is 15.4 Å². The highest BCUT2D eigenvalue weighted by molar-refractivity contribution is 6.07. The summed E-state index contributed by atoms with van der Waals surface area (Å²) in [6.45, 7) is 0. The average Bonchev–Trinajstić information content (AvgIpc) is 2.69. The minimum absolute atomic E-state index is 0.0475. The molecule has 0 aliphatic heterocycles. The van der Waals surface area contributed by atoms with Gasteiger partial charge in [-0.3, -0.25) is 9.78 Å². The quantitative estimate of drug-likeness (QED) is 0.544. The zero-order valence-corrected chi connectivity index (χ0v) is 14.1. The molecule has 128 valence electrons. The van der Waals surface area contributed by atoms with E-state index < -0.39 is 5.91 Å². The van der Waals surface area contributed by atoms with Gasteiger partial charge in [0, 0.05) is 23.5 Å². The Bertz CT molecular complexity index is 999. The van der Waals surface area contributed by atoms with Crippen molar-refractivity contribution in [2.45, 2.75) is 0 Å². The summed E-state index contributed by atoms with van der Waals surface area (Å²) in [5, 5.41) is 15.9. The minimum Gasteiger partial charge on any atom is -0.497 e. The number of amides is 1. The van der Waals surface area contributed by atoms with E-state index in [1.165, 1.54) is 6.20 Å². The van der Waals surface area contributed by atoms with Crippen LogP contribution in [0.3, 0.4) is 0 Å². The molecule has 0 bridgehead atoms. The molecule has 3 aromatic rings. The van der Waals surface area contributed by atoms with E-state index in [4.69, 9.17) is 4.74 Å². The van der Waals surface area contributed by atoms with E-state index in [9.17, 15) is 10.1 Å². The second-order valence-electron chi connectivity index (χ2n) is 5.38. The summed E-state index contributed by atoms with van der Waals surface area (Å²) in [4.78, 5) is 16.6. The maximum absolute atomic E-state index is 12.3. The first-order valence-corrected chi connectivity index (χ1v) is 7.87. The number of benzene rings is 2. The number of hydrogen-bond donors (Lipinski definition) is 2. The van der Waals surface area contributed by atoms with Crippen LogP contribution in [0.25, 0.3) is 10.9 Å². The molecular formula is C20H16N4O2. The molecule has 3 rings (SSSR count). The Morgan fingerprint density at radius 2 is 1.92 bits per heavy atom. The lowest BCUT2D eigenvalue weighted by atomic mass is 10.2. The van der Waals surface area contributed by atoms with Crippen molar-refractivity contribution >= 4 is 28.2 Å². The molecule has 0 atom stereocenters. The van der Waals surface area contributed by atoms with Crippen LogP contribution < -0.4 is 15.4 Å². The number of nitrogens with zero attached hydrogens (tertiary/aromatic N) is 2. The number of para-hydroxylation sites is 1.